The lowest BCUT2D eigenvalue weighted by Crippen LogP contribution is -2.22. The third-order valence-electron chi connectivity index (χ3n) is 4.09. The number of benzene rings is 1. The molecule has 3 rings (SSSR count). The molecule has 1 amide bonds. The number of rotatable bonds is 4. The van der Waals surface area contributed by atoms with Crippen LogP contribution in [0.4, 0.5) is 11.4 Å². The van der Waals surface area contributed by atoms with Crippen LogP contribution in [0.25, 0.3) is 0 Å². The Balaban J connectivity index is 1.69. The number of anilines is 2. The molecular weight excluding hydrogens is 354 g/mol. The molecule has 1 saturated carbocycles. The van der Waals surface area contributed by atoms with E-state index in [-0.39, 0.29) is 5.91 Å². The van der Waals surface area contributed by atoms with E-state index in [1.165, 1.54) is 32.1 Å². The molecule has 0 spiro atoms. The van der Waals surface area contributed by atoms with Gasteiger partial charge in [-0.25, -0.2) is 0 Å². The van der Waals surface area contributed by atoms with E-state index in [1.807, 2.05) is 36.4 Å². The van der Waals surface area contributed by atoms with Crippen molar-refractivity contribution in [3.8, 4) is 0 Å². The summed E-state index contributed by atoms with van der Waals surface area (Å²) in [5, 5.41) is 6.40. The largest absolute Gasteiger partial charge is 0.382 e. The number of aromatic nitrogens is 1. The molecule has 23 heavy (non-hydrogen) atoms. The average Bonchev–Trinajstić information content (AvgIpc) is 2.58. The zero-order valence-corrected chi connectivity index (χ0v) is 14.5. The summed E-state index contributed by atoms with van der Waals surface area (Å²) >= 11 is 3.43. The van der Waals surface area contributed by atoms with Crippen molar-refractivity contribution in [3.63, 3.8) is 0 Å². The highest BCUT2D eigenvalue weighted by atomic mass is 79.9. The van der Waals surface area contributed by atoms with Gasteiger partial charge in [-0.05, 0) is 53.0 Å². The van der Waals surface area contributed by atoms with Gasteiger partial charge in [0, 0.05) is 22.4 Å². The first kappa shape index (κ1) is 16.0. The van der Waals surface area contributed by atoms with Crippen molar-refractivity contribution in [2.45, 2.75) is 38.1 Å². The molecule has 0 saturated heterocycles. The zero-order valence-electron chi connectivity index (χ0n) is 12.9. The second-order valence-electron chi connectivity index (χ2n) is 5.84. The molecule has 1 aromatic heterocycles. The van der Waals surface area contributed by atoms with E-state index >= 15 is 0 Å². The summed E-state index contributed by atoms with van der Waals surface area (Å²) < 4.78 is 0.852. The van der Waals surface area contributed by atoms with Crippen molar-refractivity contribution in [2.75, 3.05) is 10.6 Å². The van der Waals surface area contributed by atoms with Crippen LogP contribution >= 0.6 is 15.9 Å². The molecule has 1 aliphatic rings. The predicted octanol–water partition coefficient (Wildman–Crippen LogP) is 4.84. The molecule has 5 heteroatoms. The molecule has 1 aromatic carbocycles. The van der Waals surface area contributed by atoms with E-state index in [0.29, 0.717) is 11.7 Å². The lowest BCUT2D eigenvalue weighted by atomic mass is 9.95. The summed E-state index contributed by atoms with van der Waals surface area (Å²) in [6.45, 7) is 0. The van der Waals surface area contributed by atoms with E-state index < -0.39 is 0 Å². The molecule has 0 radical (unpaired) electrons. The molecule has 0 bridgehead atoms. The van der Waals surface area contributed by atoms with Gasteiger partial charge in [-0.3, -0.25) is 9.78 Å². The average molecular weight is 374 g/mol. The van der Waals surface area contributed by atoms with Crippen LogP contribution < -0.4 is 10.6 Å². The monoisotopic (exact) mass is 373 g/mol. The lowest BCUT2D eigenvalue weighted by Gasteiger charge is -2.23. The Kier molecular flexibility index (Phi) is 5.28. The van der Waals surface area contributed by atoms with E-state index in [9.17, 15) is 4.79 Å². The first-order valence-corrected chi connectivity index (χ1v) is 8.80. The minimum absolute atomic E-state index is 0.204. The van der Waals surface area contributed by atoms with Gasteiger partial charge < -0.3 is 10.6 Å². The number of carbonyl (C=O) groups is 1. The highest BCUT2D eigenvalue weighted by molar-refractivity contribution is 9.10. The third kappa shape index (κ3) is 4.32. The number of nitrogens with zero attached hydrogens (tertiary/aromatic N) is 1. The van der Waals surface area contributed by atoms with Gasteiger partial charge in [-0.15, -0.1) is 0 Å². The summed E-state index contributed by atoms with van der Waals surface area (Å²) in [7, 11) is 0. The number of hydrogen-bond acceptors (Lipinski definition) is 3. The van der Waals surface area contributed by atoms with Crippen LogP contribution in [-0.4, -0.2) is 16.9 Å². The van der Waals surface area contributed by atoms with Crippen molar-refractivity contribution >= 4 is 33.2 Å². The van der Waals surface area contributed by atoms with Crippen LogP contribution in [0, 0.1) is 0 Å². The maximum atomic E-state index is 12.4. The molecule has 4 nitrogen and oxygen atoms in total. The maximum absolute atomic E-state index is 12.4. The van der Waals surface area contributed by atoms with Crippen LogP contribution in [0.2, 0.25) is 0 Å². The summed E-state index contributed by atoms with van der Waals surface area (Å²) in [6.07, 6.45) is 7.95. The maximum Gasteiger partial charge on any atom is 0.274 e. The molecule has 1 heterocycles. The minimum atomic E-state index is -0.204. The first-order chi connectivity index (χ1) is 11.2. The van der Waals surface area contributed by atoms with Gasteiger partial charge in [0.25, 0.3) is 5.91 Å². The van der Waals surface area contributed by atoms with E-state index in [1.54, 1.807) is 6.20 Å². The number of halogens is 1. The summed E-state index contributed by atoms with van der Waals surface area (Å²) in [4.78, 5) is 16.6. The summed E-state index contributed by atoms with van der Waals surface area (Å²) in [5.74, 6) is -0.204. The highest BCUT2D eigenvalue weighted by Crippen LogP contribution is 2.23. The van der Waals surface area contributed by atoms with Gasteiger partial charge in [0.1, 0.15) is 5.69 Å². The molecular formula is C18H20BrN3O. The molecule has 0 atom stereocenters. The smallest absolute Gasteiger partial charge is 0.274 e. The number of pyridine rings is 1. The molecule has 0 aliphatic heterocycles. The van der Waals surface area contributed by atoms with E-state index in [2.05, 4.69) is 31.5 Å². The number of amides is 1. The van der Waals surface area contributed by atoms with Crippen LogP contribution in [0.5, 0.6) is 0 Å². The fourth-order valence-corrected chi connectivity index (χ4v) is 3.26. The fourth-order valence-electron chi connectivity index (χ4n) is 2.88. The standard InChI is InChI=1S/C18H20BrN3O/c19-15-8-4-5-9-16(15)22-18(23)17-12-14(10-11-20-17)21-13-6-2-1-3-7-13/h4-5,8-13H,1-3,6-7H2,(H,20,21)(H,22,23). The zero-order chi connectivity index (χ0) is 16.1. The third-order valence-corrected chi connectivity index (χ3v) is 4.78. The fraction of sp³-hybridized carbons (Fsp3) is 0.333. The van der Waals surface area contributed by atoms with Gasteiger partial charge in [-0.2, -0.15) is 0 Å². The summed E-state index contributed by atoms with van der Waals surface area (Å²) in [5.41, 5.74) is 2.12. The van der Waals surface area contributed by atoms with Gasteiger partial charge in [0.05, 0.1) is 5.69 Å². The Hall–Kier alpha value is -1.88. The second-order valence-corrected chi connectivity index (χ2v) is 6.70. The van der Waals surface area contributed by atoms with Gasteiger partial charge >= 0.3 is 0 Å². The highest BCUT2D eigenvalue weighted by Gasteiger charge is 2.14. The Labute approximate surface area is 144 Å². The lowest BCUT2D eigenvalue weighted by molar-refractivity contribution is 0.102. The predicted molar refractivity (Wildman–Crippen MR) is 96.8 cm³/mol. The summed E-state index contributed by atoms with van der Waals surface area (Å²) in [6, 6.07) is 11.8. The van der Waals surface area contributed by atoms with E-state index in [0.717, 1.165) is 15.8 Å². The van der Waals surface area contributed by atoms with Gasteiger partial charge in [-0.1, -0.05) is 31.4 Å². The van der Waals surface area contributed by atoms with Crippen LogP contribution in [0.15, 0.2) is 47.1 Å². The number of nitrogens with one attached hydrogen (secondary N) is 2. The molecule has 2 aromatic rings. The van der Waals surface area contributed by atoms with Crippen LogP contribution in [0.1, 0.15) is 42.6 Å². The quantitative estimate of drug-likeness (QED) is 0.805. The number of hydrogen-bond donors (Lipinski definition) is 2. The van der Waals surface area contributed by atoms with Gasteiger partial charge in [0.2, 0.25) is 0 Å². The second kappa shape index (κ2) is 7.59. The number of para-hydroxylation sites is 1. The molecule has 1 fully saturated rings. The van der Waals surface area contributed by atoms with Crippen molar-refractivity contribution in [2.24, 2.45) is 0 Å². The number of carbonyl (C=O) groups excluding carboxylic acids is 1. The Morgan fingerprint density at radius 2 is 1.91 bits per heavy atom. The Morgan fingerprint density at radius 1 is 1.13 bits per heavy atom. The topological polar surface area (TPSA) is 54.0 Å². The molecule has 1 aliphatic carbocycles. The molecule has 120 valence electrons. The van der Waals surface area contributed by atoms with Gasteiger partial charge in [0.15, 0.2) is 0 Å². The van der Waals surface area contributed by atoms with Crippen molar-refractivity contribution in [1.82, 2.24) is 4.98 Å². The van der Waals surface area contributed by atoms with E-state index in [4.69, 9.17) is 0 Å². The van der Waals surface area contributed by atoms with Crippen molar-refractivity contribution < 1.29 is 4.79 Å². The SMILES string of the molecule is O=C(Nc1ccccc1Br)c1cc(NC2CCCCC2)ccn1. The van der Waals surface area contributed by atoms with Crippen LogP contribution in [0.3, 0.4) is 0 Å². The molecule has 0 unspecified atom stereocenters. The normalized spacial score (nSPS) is 15.2. The Morgan fingerprint density at radius 3 is 2.70 bits per heavy atom. The Bertz CT molecular complexity index is 683. The first-order valence-electron chi connectivity index (χ1n) is 8.01. The minimum Gasteiger partial charge on any atom is -0.382 e. The molecule has 2 N–H and O–H groups in total. The van der Waals surface area contributed by atoms with Crippen LogP contribution in [-0.2, 0) is 0 Å². The van der Waals surface area contributed by atoms with Crippen molar-refractivity contribution in [3.05, 3.63) is 52.8 Å². The van der Waals surface area contributed by atoms with Crippen molar-refractivity contribution in [1.29, 1.82) is 0 Å².